The number of rotatable bonds is 6. The zero-order valence-corrected chi connectivity index (χ0v) is 13.4. The van der Waals surface area contributed by atoms with Gasteiger partial charge in [0, 0.05) is 38.6 Å². The average molecular weight is 275 g/mol. The summed E-state index contributed by atoms with van der Waals surface area (Å²) >= 11 is 0. The molecule has 1 N–H and O–H groups in total. The van der Waals surface area contributed by atoms with Crippen LogP contribution in [-0.2, 0) is 0 Å². The van der Waals surface area contributed by atoms with Gasteiger partial charge in [0.25, 0.3) is 0 Å². The Balaban J connectivity index is 1.97. The summed E-state index contributed by atoms with van der Waals surface area (Å²) in [6.45, 7) is 9.09. The van der Waals surface area contributed by atoms with E-state index in [9.17, 15) is 0 Å². The van der Waals surface area contributed by atoms with Crippen molar-refractivity contribution >= 4 is 11.4 Å². The Labute approximate surface area is 124 Å². The van der Waals surface area contributed by atoms with Gasteiger partial charge >= 0.3 is 0 Å². The van der Waals surface area contributed by atoms with Gasteiger partial charge in [-0.15, -0.1) is 0 Å². The van der Waals surface area contributed by atoms with Crippen molar-refractivity contribution in [2.75, 3.05) is 50.1 Å². The number of hydrogen-bond donors (Lipinski definition) is 1. The number of hydrogen-bond acceptors (Lipinski definition) is 3. The largest absolute Gasteiger partial charge is 0.377 e. The van der Waals surface area contributed by atoms with Crippen molar-refractivity contribution in [1.82, 2.24) is 5.32 Å². The van der Waals surface area contributed by atoms with Crippen LogP contribution in [0.3, 0.4) is 0 Å². The second kappa shape index (κ2) is 6.98. The summed E-state index contributed by atoms with van der Waals surface area (Å²) in [4.78, 5) is 4.74. The van der Waals surface area contributed by atoms with E-state index in [1.54, 1.807) is 0 Å². The summed E-state index contributed by atoms with van der Waals surface area (Å²) in [5, 5.41) is 3.55. The van der Waals surface area contributed by atoms with Crippen LogP contribution >= 0.6 is 0 Å². The molecule has 0 bridgehead atoms. The molecule has 20 heavy (non-hydrogen) atoms. The molecule has 3 heteroatoms. The van der Waals surface area contributed by atoms with E-state index in [1.807, 2.05) is 0 Å². The van der Waals surface area contributed by atoms with Crippen molar-refractivity contribution in [3.8, 4) is 0 Å². The van der Waals surface area contributed by atoms with Crippen molar-refractivity contribution < 1.29 is 0 Å². The monoisotopic (exact) mass is 275 g/mol. The molecular formula is C17H29N3. The normalized spacial score (nSPS) is 18.6. The van der Waals surface area contributed by atoms with Gasteiger partial charge in [0.05, 0.1) is 0 Å². The lowest BCUT2D eigenvalue weighted by Gasteiger charge is -2.23. The van der Waals surface area contributed by atoms with E-state index in [2.05, 4.69) is 61.3 Å². The predicted molar refractivity (Wildman–Crippen MR) is 89.0 cm³/mol. The van der Waals surface area contributed by atoms with Crippen LogP contribution in [0.25, 0.3) is 0 Å². The summed E-state index contributed by atoms with van der Waals surface area (Å²) in [6.07, 6.45) is 2.53. The maximum absolute atomic E-state index is 3.55. The molecule has 1 aliphatic heterocycles. The van der Waals surface area contributed by atoms with Gasteiger partial charge in [-0.3, -0.25) is 0 Å². The lowest BCUT2D eigenvalue weighted by Crippen LogP contribution is -2.27. The van der Waals surface area contributed by atoms with Crippen LogP contribution < -0.4 is 15.1 Å². The first-order valence-electron chi connectivity index (χ1n) is 7.85. The van der Waals surface area contributed by atoms with Crippen LogP contribution in [0.5, 0.6) is 0 Å². The summed E-state index contributed by atoms with van der Waals surface area (Å²) in [6, 6.07) is 6.84. The summed E-state index contributed by atoms with van der Waals surface area (Å²) in [5.74, 6) is 0.797. The summed E-state index contributed by atoms with van der Waals surface area (Å²) in [5.41, 5.74) is 4.05. The summed E-state index contributed by atoms with van der Waals surface area (Å²) < 4.78 is 0. The average Bonchev–Trinajstić information content (AvgIpc) is 2.88. The molecule has 1 aromatic rings. The van der Waals surface area contributed by atoms with Crippen molar-refractivity contribution in [3.63, 3.8) is 0 Å². The molecule has 1 aliphatic rings. The van der Waals surface area contributed by atoms with Gasteiger partial charge in [0.2, 0.25) is 0 Å². The number of nitrogens with zero attached hydrogens (tertiary/aromatic N) is 2. The second-order valence-corrected chi connectivity index (χ2v) is 6.17. The molecule has 1 aromatic carbocycles. The minimum absolute atomic E-state index is 0.797. The molecule has 3 nitrogen and oxygen atoms in total. The van der Waals surface area contributed by atoms with E-state index in [0.717, 1.165) is 19.0 Å². The number of benzene rings is 1. The molecule has 2 rings (SSSR count). The van der Waals surface area contributed by atoms with E-state index in [0.29, 0.717) is 0 Å². The van der Waals surface area contributed by atoms with Crippen LogP contribution in [0, 0.1) is 12.8 Å². The molecule has 0 spiro atoms. The highest BCUT2D eigenvalue weighted by Gasteiger charge is 2.22. The maximum Gasteiger partial charge on any atom is 0.0411 e. The van der Waals surface area contributed by atoms with Gasteiger partial charge in [-0.2, -0.15) is 0 Å². The van der Waals surface area contributed by atoms with Crippen LogP contribution in [0.2, 0.25) is 0 Å². The van der Waals surface area contributed by atoms with Crippen LogP contribution in [0.15, 0.2) is 18.2 Å². The third-order valence-corrected chi connectivity index (χ3v) is 4.19. The van der Waals surface area contributed by atoms with Crippen molar-refractivity contribution in [2.24, 2.45) is 5.92 Å². The zero-order valence-electron chi connectivity index (χ0n) is 13.4. The van der Waals surface area contributed by atoms with Gasteiger partial charge in [-0.25, -0.2) is 0 Å². The number of anilines is 2. The molecule has 1 heterocycles. The van der Waals surface area contributed by atoms with Crippen LogP contribution in [0.4, 0.5) is 11.4 Å². The zero-order chi connectivity index (χ0) is 14.5. The molecule has 0 aromatic heterocycles. The molecule has 0 amide bonds. The van der Waals surface area contributed by atoms with Gasteiger partial charge in [-0.05, 0) is 56.5 Å². The molecule has 1 atom stereocenters. The Bertz CT molecular complexity index is 428. The Kier molecular flexibility index (Phi) is 5.30. The van der Waals surface area contributed by atoms with Crippen molar-refractivity contribution in [3.05, 3.63) is 23.8 Å². The number of nitrogens with one attached hydrogen (secondary N) is 1. The first-order chi connectivity index (χ1) is 9.61. The molecule has 0 radical (unpaired) electrons. The first-order valence-corrected chi connectivity index (χ1v) is 7.85. The smallest absolute Gasteiger partial charge is 0.0411 e. The minimum Gasteiger partial charge on any atom is -0.377 e. The topological polar surface area (TPSA) is 18.5 Å². The molecule has 1 unspecified atom stereocenters. The Morgan fingerprint density at radius 3 is 2.85 bits per heavy atom. The molecule has 1 fully saturated rings. The fourth-order valence-corrected chi connectivity index (χ4v) is 2.99. The Morgan fingerprint density at radius 2 is 2.15 bits per heavy atom. The molecule has 0 saturated carbocycles. The van der Waals surface area contributed by atoms with Gasteiger partial charge in [0.1, 0.15) is 0 Å². The van der Waals surface area contributed by atoms with E-state index < -0.39 is 0 Å². The SMILES string of the molecule is CCCNCC1CCN(c2ccc(C)c(N(C)C)c2)C1. The lowest BCUT2D eigenvalue weighted by atomic mass is 10.1. The quantitative estimate of drug-likeness (QED) is 0.805. The van der Waals surface area contributed by atoms with Gasteiger partial charge in [-0.1, -0.05) is 13.0 Å². The lowest BCUT2D eigenvalue weighted by molar-refractivity contribution is 0.516. The second-order valence-electron chi connectivity index (χ2n) is 6.17. The first kappa shape index (κ1) is 15.2. The minimum atomic E-state index is 0.797. The maximum atomic E-state index is 3.55. The van der Waals surface area contributed by atoms with E-state index >= 15 is 0 Å². The van der Waals surface area contributed by atoms with Crippen molar-refractivity contribution in [2.45, 2.75) is 26.7 Å². The standard InChI is InChI=1S/C17H29N3/c1-5-9-18-12-15-8-10-20(13-15)16-7-6-14(2)17(11-16)19(3)4/h6-7,11,15,18H,5,8-10,12-13H2,1-4H3. The molecule has 112 valence electrons. The molecule has 0 aliphatic carbocycles. The van der Waals surface area contributed by atoms with Crippen molar-refractivity contribution in [1.29, 1.82) is 0 Å². The summed E-state index contributed by atoms with van der Waals surface area (Å²) in [7, 11) is 4.24. The van der Waals surface area contributed by atoms with Gasteiger partial charge < -0.3 is 15.1 Å². The third-order valence-electron chi connectivity index (χ3n) is 4.19. The molecular weight excluding hydrogens is 246 g/mol. The Hall–Kier alpha value is -1.22. The Morgan fingerprint density at radius 1 is 1.35 bits per heavy atom. The fourth-order valence-electron chi connectivity index (χ4n) is 2.99. The van der Waals surface area contributed by atoms with E-state index in [-0.39, 0.29) is 0 Å². The number of aryl methyl sites for hydroxylation is 1. The fraction of sp³-hybridized carbons (Fsp3) is 0.647. The van der Waals surface area contributed by atoms with Gasteiger partial charge in [0.15, 0.2) is 0 Å². The molecule has 1 saturated heterocycles. The van der Waals surface area contributed by atoms with E-state index in [4.69, 9.17) is 0 Å². The highest BCUT2D eigenvalue weighted by atomic mass is 15.2. The van der Waals surface area contributed by atoms with Crippen LogP contribution in [0.1, 0.15) is 25.3 Å². The van der Waals surface area contributed by atoms with E-state index in [1.165, 1.54) is 42.9 Å². The predicted octanol–water partition coefficient (Wildman–Crippen LogP) is 2.89. The highest BCUT2D eigenvalue weighted by Crippen LogP contribution is 2.29. The van der Waals surface area contributed by atoms with Crippen LogP contribution in [-0.4, -0.2) is 40.3 Å². The third kappa shape index (κ3) is 3.66. The highest BCUT2D eigenvalue weighted by molar-refractivity contribution is 5.63.